The molecule has 8 rings (SSSR count). The van der Waals surface area contributed by atoms with Gasteiger partial charge in [-0.3, -0.25) is 4.79 Å². The molecule has 0 aromatic heterocycles. The number of rotatable bonds is 4. The molecule has 7 nitrogen and oxygen atoms in total. The van der Waals surface area contributed by atoms with Crippen LogP contribution in [0.15, 0.2) is 60.7 Å². The van der Waals surface area contributed by atoms with Gasteiger partial charge < -0.3 is 30.5 Å². The summed E-state index contributed by atoms with van der Waals surface area (Å²) in [6, 6.07) is 19.1. The van der Waals surface area contributed by atoms with Gasteiger partial charge in [-0.15, -0.1) is 0 Å². The molecule has 2 saturated carbocycles. The van der Waals surface area contributed by atoms with Crippen molar-refractivity contribution in [2.75, 3.05) is 13.7 Å². The van der Waals surface area contributed by atoms with Crippen LogP contribution in [-0.2, 0) is 16.6 Å². The van der Waals surface area contributed by atoms with Gasteiger partial charge in [0.05, 0.1) is 13.2 Å². The second-order valence-corrected chi connectivity index (χ2v) is 15.0. The Morgan fingerprint density at radius 1 is 0.917 bits per heavy atom. The van der Waals surface area contributed by atoms with E-state index in [1.165, 1.54) is 7.11 Å². The SMILES string of the molecule is COc1cc(C2CC(=O)CC(O)C3C(C#CC2Cc2ccccc2)CNC2CCC4CCC5CC4C23c2cc(O)c(O)cc25)ccc1O. The third-order valence-electron chi connectivity index (χ3n) is 12.8. The molecule has 1 spiro atoms. The first kappa shape index (κ1) is 31.3. The number of aliphatic hydroxyl groups is 1. The molecule has 10 unspecified atom stereocenters. The van der Waals surface area contributed by atoms with Gasteiger partial charge in [-0.2, -0.15) is 0 Å². The zero-order valence-corrected chi connectivity index (χ0v) is 27.4. The number of hydrogen-bond acceptors (Lipinski definition) is 7. The standard InChI is InChI=1S/C41H45NO6/c1-48-38-17-27(11-13-34(38)44)30-18-29(43)19-37(47)40-28(10-9-25(30)15-23-5-3-2-4-6-23)22-42-39-14-12-24-7-8-26-16-32(24)41(39,40)33-21-36(46)35(45)20-31(26)33/h2-6,11,13,17,20-21,24-26,28,30,32,37,39-40,42,44-47H,7-8,12,14-16,18-19,22H2,1H3. The molecule has 3 aromatic carbocycles. The lowest BCUT2D eigenvalue weighted by atomic mass is 9.40. The van der Waals surface area contributed by atoms with Crippen molar-refractivity contribution in [3.05, 3.63) is 82.9 Å². The number of Topliss-reactive ketones (excluding diaryl/α,β-unsaturated/α-hetero) is 1. The van der Waals surface area contributed by atoms with Crippen molar-refractivity contribution in [2.24, 2.45) is 29.6 Å². The molecule has 48 heavy (non-hydrogen) atoms. The Morgan fingerprint density at radius 3 is 2.52 bits per heavy atom. The molecule has 5 aliphatic rings. The predicted molar refractivity (Wildman–Crippen MR) is 182 cm³/mol. The lowest BCUT2D eigenvalue weighted by molar-refractivity contribution is -0.127. The fourth-order valence-corrected chi connectivity index (χ4v) is 10.9. The molecule has 1 heterocycles. The van der Waals surface area contributed by atoms with Crippen molar-refractivity contribution in [2.45, 2.75) is 80.8 Å². The van der Waals surface area contributed by atoms with Gasteiger partial charge in [0.15, 0.2) is 23.0 Å². The van der Waals surface area contributed by atoms with Crippen LogP contribution in [0.25, 0.3) is 0 Å². The highest BCUT2D eigenvalue weighted by Gasteiger charge is 2.65. The largest absolute Gasteiger partial charge is 0.504 e. The monoisotopic (exact) mass is 647 g/mol. The van der Waals surface area contributed by atoms with Gasteiger partial charge in [-0.05, 0) is 103 Å². The lowest BCUT2D eigenvalue weighted by Gasteiger charge is -2.66. The zero-order chi connectivity index (χ0) is 33.2. The molecule has 5 N–H and O–H groups in total. The van der Waals surface area contributed by atoms with Crippen molar-refractivity contribution < 1.29 is 30.0 Å². The van der Waals surface area contributed by atoms with E-state index in [4.69, 9.17) is 4.74 Å². The number of piperidine rings is 1. The number of nitrogens with one attached hydrogen (secondary N) is 1. The maximum Gasteiger partial charge on any atom is 0.160 e. The van der Waals surface area contributed by atoms with Gasteiger partial charge in [0.2, 0.25) is 0 Å². The van der Waals surface area contributed by atoms with Gasteiger partial charge in [0.25, 0.3) is 0 Å². The summed E-state index contributed by atoms with van der Waals surface area (Å²) in [5.74, 6) is 7.70. The number of phenols is 3. The Bertz CT molecular complexity index is 1780. The van der Waals surface area contributed by atoms with Crippen LogP contribution in [0.1, 0.15) is 79.0 Å². The van der Waals surface area contributed by atoms with Crippen LogP contribution in [0.5, 0.6) is 23.0 Å². The average molecular weight is 648 g/mol. The summed E-state index contributed by atoms with van der Waals surface area (Å²) in [4.78, 5) is 14.2. The fraction of sp³-hybridized carbons (Fsp3) is 0.488. The predicted octanol–water partition coefficient (Wildman–Crippen LogP) is 5.93. The number of carbonyl (C=O) groups is 1. The molecule has 7 heteroatoms. The Hall–Kier alpha value is -3.99. The minimum absolute atomic E-state index is 0.00926. The number of aromatic hydroxyl groups is 3. The van der Waals surface area contributed by atoms with Crippen molar-refractivity contribution in [3.8, 4) is 34.8 Å². The molecule has 0 amide bonds. The summed E-state index contributed by atoms with van der Waals surface area (Å²) >= 11 is 0. The van der Waals surface area contributed by atoms with Gasteiger partial charge in [-0.1, -0.05) is 48.2 Å². The number of fused-ring (bicyclic) bond motifs is 4. The van der Waals surface area contributed by atoms with Crippen LogP contribution in [0.3, 0.4) is 0 Å². The third kappa shape index (κ3) is 4.99. The highest BCUT2D eigenvalue weighted by molar-refractivity contribution is 5.80. The van der Waals surface area contributed by atoms with Crippen LogP contribution in [0.2, 0.25) is 0 Å². The summed E-state index contributed by atoms with van der Waals surface area (Å²) in [7, 11) is 1.52. The first-order valence-electron chi connectivity index (χ1n) is 17.7. The minimum Gasteiger partial charge on any atom is -0.504 e. The van der Waals surface area contributed by atoms with E-state index in [9.17, 15) is 25.2 Å². The smallest absolute Gasteiger partial charge is 0.160 e. The summed E-state index contributed by atoms with van der Waals surface area (Å²) in [6.07, 6.45) is 5.23. The normalized spacial score (nSPS) is 35.2. The number of phenolic OH excluding ortho intramolecular Hbond substituents is 3. The molecule has 10 atom stereocenters. The van der Waals surface area contributed by atoms with E-state index in [0.29, 0.717) is 36.5 Å². The van der Waals surface area contributed by atoms with E-state index in [-0.39, 0.29) is 65.6 Å². The summed E-state index contributed by atoms with van der Waals surface area (Å²) in [5.41, 5.74) is 3.61. The van der Waals surface area contributed by atoms with Crippen molar-refractivity contribution in [3.63, 3.8) is 0 Å². The number of methoxy groups -OCH3 is 1. The molecule has 250 valence electrons. The van der Waals surface area contributed by atoms with Crippen LogP contribution in [0.4, 0.5) is 0 Å². The van der Waals surface area contributed by atoms with Gasteiger partial charge in [0.1, 0.15) is 5.78 Å². The lowest BCUT2D eigenvalue weighted by Crippen LogP contribution is -2.71. The molecule has 0 radical (unpaired) electrons. The first-order chi connectivity index (χ1) is 23.3. The second-order valence-electron chi connectivity index (χ2n) is 15.0. The second kappa shape index (κ2) is 12.2. The number of hydrogen-bond donors (Lipinski definition) is 5. The van der Waals surface area contributed by atoms with E-state index < -0.39 is 11.5 Å². The van der Waals surface area contributed by atoms with Crippen LogP contribution >= 0.6 is 0 Å². The van der Waals surface area contributed by atoms with Gasteiger partial charge >= 0.3 is 0 Å². The van der Waals surface area contributed by atoms with E-state index in [2.05, 4.69) is 29.3 Å². The molecular weight excluding hydrogens is 602 g/mol. The van der Waals surface area contributed by atoms with Crippen molar-refractivity contribution in [1.29, 1.82) is 0 Å². The Kier molecular flexibility index (Phi) is 7.93. The molecule has 3 fully saturated rings. The molecule has 1 aliphatic heterocycles. The number of carbonyl (C=O) groups excluding carboxylic acids is 1. The highest BCUT2D eigenvalue weighted by Crippen LogP contribution is 2.66. The highest BCUT2D eigenvalue weighted by atomic mass is 16.5. The third-order valence-corrected chi connectivity index (χ3v) is 12.8. The van der Waals surface area contributed by atoms with E-state index in [1.54, 1.807) is 18.2 Å². The van der Waals surface area contributed by atoms with Crippen LogP contribution in [0, 0.1) is 41.4 Å². The number of benzene rings is 3. The number of ether oxygens (including phenoxy) is 1. The number of ketones is 1. The molecular formula is C41H45NO6. The zero-order valence-electron chi connectivity index (χ0n) is 27.4. The van der Waals surface area contributed by atoms with E-state index in [0.717, 1.165) is 54.4 Å². The van der Waals surface area contributed by atoms with Crippen molar-refractivity contribution >= 4 is 5.78 Å². The van der Waals surface area contributed by atoms with E-state index >= 15 is 0 Å². The quantitative estimate of drug-likeness (QED) is 0.176. The summed E-state index contributed by atoms with van der Waals surface area (Å²) < 4.78 is 5.46. The molecule has 4 aliphatic carbocycles. The maximum atomic E-state index is 14.2. The molecule has 3 aromatic rings. The number of aliphatic hydroxyl groups excluding tert-OH is 1. The van der Waals surface area contributed by atoms with Gasteiger partial charge in [-0.25, -0.2) is 0 Å². The Morgan fingerprint density at radius 2 is 1.71 bits per heavy atom. The molecule has 1 saturated heterocycles. The maximum absolute atomic E-state index is 14.2. The molecule has 2 bridgehead atoms. The van der Waals surface area contributed by atoms with Gasteiger partial charge in [0, 0.05) is 54.5 Å². The topological polar surface area (TPSA) is 119 Å². The minimum atomic E-state index is -0.914. The average Bonchev–Trinajstić information content (AvgIpc) is 3.09. The van der Waals surface area contributed by atoms with Crippen LogP contribution in [-0.4, -0.2) is 52.0 Å². The Balaban J connectivity index is 1.29. The van der Waals surface area contributed by atoms with E-state index in [1.807, 2.05) is 30.3 Å². The Labute approximate surface area is 282 Å². The summed E-state index contributed by atoms with van der Waals surface area (Å²) in [6.45, 7) is 0.616. The van der Waals surface area contributed by atoms with Crippen molar-refractivity contribution in [1.82, 2.24) is 5.32 Å². The first-order valence-corrected chi connectivity index (χ1v) is 17.7. The van der Waals surface area contributed by atoms with Crippen LogP contribution < -0.4 is 10.1 Å². The fourth-order valence-electron chi connectivity index (χ4n) is 10.9. The summed E-state index contributed by atoms with van der Waals surface area (Å²) in [5, 5.41) is 48.3.